The lowest BCUT2D eigenvalue weighted by Crippen LogP contribution is -2.16. The number of rotatable bonds is 4. The highest BCUT2D eigenvalue weighted by Crippen LogP contribution is 2.23. The zero-order valence-corrected chi connectivity index (χ0v) is 16.1. The minimum absolute atomic E-state index is 0.268. The van der Waals surface area contributed by atoms with Crippen molar-refractivity contribution in [3.63, 3.8) is 0 Å². The molecule has 0 bridgehead atoms. The summed E-state index contributed by atoms with van der Waals surface area (Å²) in [6.07, 6.45) is 0.838. The first-order chi connectivity index (χ1) is 12.4. The summed E-state index contributed by atoms with van der Waals surface area (Å²) in [4.78, 5) is 12.8. The number of para-hydroxylation sites is 1. The Morgan fingerprint density at radius 2 is 1.92 bits per heavy atom. The summed E-state index contributed by atoms with van der Waals surface area (Å²) in [7, 11) is 0. The van der Waals surface area contributed by atoms with E-state index in [2.05, 4.69) is 22.6 Å². The monoisotopic (exact) mass is 368 g/mol. The normalized spacial score (nSPS) is 10.8. The van der Waals surface area contributed by atoms with Crippen LogP contribution in [0.15, 0.2) is 36.4 Å². The molecule has 0 saturated heterocycles. The Kier molecular flexibility index (Phi) is 5.09. The van der Waals surface area contributed by atoms with E-state index in [-0.39, 0.29) is 5.91 Å². The topological polar surface area (TPSA) is 59.8 Å². The van der Waals surface area contributed by atoms with Gasteiger partial charge in [-0.05, 0) is 56.0 Å². The molecule has 1 aromatic heterocycles. The van der Waals surface area contributed by atoms with E-state index < -0.39 is 0 Å². The van der Waals surface area contributed by atoms with E-state index in [0.717, 1.165) is 34.5 Å². The van der Waals surface area contributed by atoms with Crippen molar-refractivity contribution in [2.24, 2.45) is 0 Å². The summed E-state index contributed by atoms with van der Waals surface area (Å²) >= 11 is 6.20. The number of aryl methyl sites for hydroxylation is 3. The largest absolute Gasteiger partial charge is 0.320 e. The Morgan fingerprint density at radius 3 is 2.62 bits per heavy atom. The standard InChI is InChI=1S/C20H21ClN4O/c1-5-15-8-6-7-13(3)18(15)22-20(26)19-14(4)25(24-23-19)16-10-9-12(2)17(21)11-16/h6-11H,5H2,1-4H3,(H,22,26). The minimum Gasteiger partial charge on any atom is -0.320 e. The van der Waals surface area contributed by atoms with E-state index in [9.17, 15) is 4.79 Å². The Labute approximate surface area is 158 Å². The van der Waals surface area contributed by atoms with Crippen LogP contribution in [0.1, 0.15) is 39.8 Å². The highest BCUT2D eigenvalue weighted by Gasteiger charge is 2.19. The third-order valence-corrected chi connectivity index (χ3v) is 4.90. The number of nitrogens with zero attached hydrogens (tertiary/aromatic N) is 3. The predicted octanol–water partition coefficient (Wildman–Crippen LogP) is 4.66. The lowest BCUT2D eigenvalue weighted by Gasteiger charge is -2.12. The first kappa shape index (κ1) is 18.1. The summed E-state index contributed by atoms with van der Waals surface area (Å²) in [6.45, 7) is 7.80. The van der Waals surface area contributed by atoms with Crippen LogP contribution in [0.3, 0.4) is 0 Å². The molecule has 0 spiro atoms. The van der Waals surface area contributed by atoms with Crippen LogP contribution < -0.4 is 5.32 Å². The number of carbonyl (C=O) groups is 1. The molecule has 0 aliphatic carbocycles. The second kappa shape index (κ2) is 7.30. The van der Waals surface area contributed by atoms with Gasteiger partial charge in [0, 0.05) is 10.7 Å². The summed E-state index contributed by atoms with van der Waals surface area (Å²) in [6, 6.07) is 11.6. The maximum Gasteiger partial charge on any atom is 0.278 e. The van der Waals surface area contributed by atoms with Crippen LogP contribution in [0, 0.1) is 20.8 Å². The molecule has 2 aromatic carbocycles. The number of hydrogen-bond acceptors (Lipinski definition) is 3. The van der Waals surface area contributed by atoms with Gasteiger partial charge in [-0.1, -0.05) is 48.0 Å². The molecule has 1 heterocycles. The SMILES string of the molecule is CCc1cccc(C)c1NC(=O)c1nnn(-c2ccc(C)c(Cl)c2)c1C. The summed E-state index contributed by atoms with van der Waals surface area (Å²) < 4.78 is 1.62. The van der Waals surface area contributed by atoms with Gasteiger partial charge in [-0.3, -0.25) is 4.79 Å². The molecule has 0 saturated carbocycles. The Morgan fingerprint density at radius 1 is 1.15 bits per heavy atom. The molecule has 134 valence electrons. The van der Waals surface area contributed by atoms with E-state index in [0.29, 0.717) is 16.4 Å². The van der Waals surface area contributed by atoms with Crippen LogP contribution >= 0.6 is 11.6 Å². The molecule has 0 atom stereocenters. The highest BCUT2D eigenvalue weighted by molar-refractivity contribution is 6.31. The van der Waals surface area contributed by atoms with E-state index >= 15 is 0 Å². The quantitative estimate of drug-likeness (QED) is 0.728. The Hall–Kier alpha value is -2.66. The van der Waals surface area contributed by atoms with Crippen molar-refractivity contribution in [1.29, 1.82) is 0 Å². The number of nitrogens with one attached hydrogen (secondary N) is 1. The van der Waals surface area contributed by atoms with Crippen molar-refractivity contribution in [2.75, 3.05) is 5.32 Å². The van der Waals surface area contributed by atoms with Crippen LogP contribution in [-0.2, 0) is 6.42 Å². The number of carbonyl (C=O) groups excluding carboxylic acids is 1. The average Bonchev–Trinajstić information content (AvgIpc) is 3.00. The van der Waals surface area contributed by atoms with Gasteiger partial charge in [0.1, 0.15) is 0 Å². The minimum atomic E-state index is -0.268. The van der Waals surface area contributed by atoms with Crippen molar-refractivity contribution >= 4 is 23.2 Å². The Balaban J connectivity index is 1.93. The fourth-order valence-corrected chi connectivity index (χ4v) is 3.05. The van der Waals surface area contributed by atoms with Crippen molar-refractivity contribution in [3.05, 3.63) is 69.5 Å². The molecule has 26 heavy (non-hydrogen) atoms. The van der Waals surface area contributed by atoms with Gasteiger partial charge in [0.25, 0.3) is 5.91 Å². The average molecular weight is 369 g/mol. The first-order valence-corrected chi connectivity index (χ1v) is 8.88. The second-order valence-electron chi connectivity index (χ2n) is 6.29. The Bertz CT molecular complexity index is 978. The zero-order valence-electron chi connectivity index (χ0n) is 15.3. The molecule has 1 N–H and O–H groups in total. The lowest BCUT2D eigenvalue weighted by molar-refractivity contribution is 0.102. The van der Waals surface area contributed by atoms with Crippen LogP contribution in [0.4, 0.5) is 5.69 Å². The summed E-state index contributed by atoms with van der Waals surface area (Å²) in [5.74, 6) is -0.268. The third kappa shape index (κ3) is 3.35. The summed E-state index contributed by atoms with van der Waals surface area (Å²) in [5, 5.41) is 11.9. The van der Waals surface area contributed by atoms with E-state index in [1.807, 2.05) is 57.2 Å². The number of halogens is 1. The van der Waals surface area contributed by atoms with Gasteiger partial charge in [-0.2, -0.15) is 0 Å². The van der Waals surface area contributed by atoms with Crippen molar-refractivity contribution in [1.82, 2.24) is 15.0 Å². The number of amides is 1. The molecule has 0 radical (unpaired) electrons. The van der Waals surface area contributed by atoms with Gasteiger partial charge in [-0.15, -0.1) is 5.10 Å². The maximum atomic E-state index is 12.8. The zero-order chi connectivity index (χ0) is 18.8. The van der Waals surface area contributed by atoms with Crippen LogP contribution in [-0.4, -0.2) is 20.9 Å². The molecule has 0 fully saturated rings. The molecule has 0 aliphatic heterocycles. The lowest BCUT2D eigenvalue weighted by atomic mass is 10.1. The van der Waals surface area contributed by atoms with Gasteiger partial charge >= 0.3 is 0 Å². The molecule has 3 rings (SSSR count). The van der Waals surface area contributed by atoms with Gasteiger partial charge in [0.05, 0.1) is 11.4 Å². The molecular weight excluding hydrogens is 348 g/mol. The molecular formula is C20H21ClN4O. The highest BCUT2D eigenvalue weighted by atomic mass is 35.5. The molecule has 6 heteroatoms. The first-order valence-electron chi connectivity index (χ1n) is 8.51. The van der Waals surface area contributed by atoms with Gasteiger partial charge < -0.3 is 5.32 Å². The number of benzene rings is 2. The number of anilines is 1. The van der Waals surface area contributed by atoms with E-state index in [1.165, 1.54) is 0 Å². The molecule has 3 aromatic rings. The van der Waals surface area contributed by atoms with E-state index in [4.69, 9.17) is 11.6 Å². The van der Waals surface area contributed by atoms with Crippen LogP contribution in [0.2, 0.25) is 5.02 Å². The van der Waals surface area contributed by atoms with E-state index in [1.54, 1.807) is 4.68 Å². The molecule has 0 unspecified atom stereocenters. The van der Waals surface area contributed by atoms with Gasteiger partial charge in [0.2, 0.25) is 0 Å². The van der Waals surface area contributed by atoms with Crippen molar-refractivity contribution in [2.45, 2.75) is 34.1 Å². The number of aromatic nitrogens is 3. The molecule has 1 amide bonds. The van der Waals surface area contributed by atoms with Crippen molar-refractivity contribution < 1.29 is 4.79 Å². The molecule has 0 aliphatic rings. The predicted molar refractivity (Wildman–Crippen MR) is 104 cm³/mol. The van der Waals surface area contributed by atoms with Gasteiger partial charge in [-0.25, -0.2) is 4.68 Å². The van der Waals surface area contributed by atoms with Crippen LogP contribution in [0.5, 0.6) is 0 Å². The third-order valence-electron chi connectivity index (χ3n) is 4.49. The van der Waals surface area contributed by atoms with Gasteiger partial charge in [0.15, 0.2) is 5.69 Å². The fraction of sp³-hybridized carbons (Fsp3) is 0.250. The fourth-order valence-electron chi connectivity index (χ4n) is 2.87. The maximum absolute atomic E-state index is 12.8. The molecule has 5 nitrogen and oxygen atoms in total. The van der Waals surface area contributed by atoms with Crippen molar-refractivity contribution in [3.8, 4) is 5.69 Å². The smallest absolute Gasteiger partial charge is 0.278 e. The second-order valence-corrected chi connectivity index (χ2v) is 6.69. The number of hydrogen-bond donors (Lipinski definition) is 1. The van der Waals surface area contributed by atoms with Crippen LogP contribution in [0.25, 0.3) is 5.69 Å². The summed E-state index contributed by atoms with van der Waals surface area (Å²) in [5.41, 5.74) is 5.67.